The molecule has 0 fully saturated rings. The van der Waals surface area contributed by atoms with Crippen molar-refractivity contribution >= 4 is 17.5 Å². The Kier molecular flexibility index (Phi) is 3.12. The third kappa shape index (κ3) is 2.35. The lowest BCUT2D eigenvalue weighted by molar-refractivity contribution is -0.116. The minimum atomic E-state index is -0.156. The molecule has 3 heterocycles. The van der Waals surface area contributed by atoms with Gasteiger partial charge in [-0.25, -0.2) is 4.98 Å². The number of aromatic nitrogens is 6. The van der Waals surface area contributed by atoms with Crippen LogP contribution >= 0.6 is 0 Å². The van der Waals surface area contributed by atoms with Crippen LogP contribution in [0.2, 0.25) is 0 Å². The van der Waals surface area contributed by atoms with Gasteiger partial charge in [-0.3, -0.25) is 10.1 Å². The molecule has 102 valence electrons. The lowest BCUT2D eigenvalue weighted by atomic mass is 10.2. The van der Waals surface area contributed by atoms with Crippen molar-refractivity contribution in [3.05, 3.63) is 35.8 Å². The van der Waals surface area contributed by atoms with Crippen LogP contribution in [0.4, 0.5) is 5.95 Å². The number of carbonyl (C=O) groups excluding carboxylic acids is 1. The summed E-state index contributed by atoms with van der Waals surface area (Å²) in [6.07, 6.45) is 2.88. The van der Waals surface area contributed by atoms with Crippen molar-refractivity contribution in [2.75, 3.05) is 5.32 Å². The van der Waals surface area contributed by atoms with Crippen LogP contribution in [0.3, 0.4) is 0 Å². The quantitative estimate of drug-likeness (QED) is 0.728. The van der Waals surface area contributed by atoms with Crippen molar-refractivity contribution in [1.82, 2.24) is 30.0 Å². The molecular formula is C12H13N7O. The average Bonchev–Trinajstić information content (AvgIpc) is 3.03. The van der Waals surface area contributed by atoms with E-state index >= 15 is 0 Å². The van der Waals surface area contributed by atoms with E-state index in [1.54, 1.807) is 0 Å². The van der Waals surface area contributed by atoms with Crippen molar-refractivity contribution in [3.8, 4) is 0 Å². The van der Waals surface area contributed by atoms with Gasteiger partial charge in [0.05, 0.1) is 5.69 Å². The highest BCUT2D eigenvalue weighted by Gasteiger charge is 2.11. The van der Waals surface area contributed by atoms with Crippen molar-refractivity contribution in [3.63, 3.8) is 0 Å². The molecule has 0 unspecified atom stereocenters. The number of fused-ring (bicyclic) bond motifs is 1. The van der Waals surface area contributed by atoms with Gasteiger partial charge < -0.3 is 4.40 Å². The fourth-order valence-corrected chi connectivity index (χ4v) is 2.10. The summed E-state index contributed by atoms with van der Waals surface area (Å²) >= 11 is 0. The van der Waals surface area contributed by atoms with Gasteiger partial charge in [-0.1, -0.05) is 11.2 Å². The minimum absolute atomic E-state index is 0.156. The van der Waals surface area contributed by atoms with Crippen molar-refractivity contribution < 1.29 is 4.79 Å². The molecule has 0 atom stereocenters. The normalized spacial score (nSPS) is 10.8. The van der Waals surface area contributed by atoms with Crippen LogP contribution in [0.25, 0.3) is 5.65 Å². The van der Waals surface area contributed by atoms with Crippen molar-refractivity contribution in [2.45, 2.75) is 19.8 Å². The summed E-state index contributed by atoms with van der Waals surface area (Å²) in [5.41, 5.74) is 2.85. The van der Waals surface area contributed by atoms with Crippen molar-refractivity contribution in [1.29, 1.82) is 0 Å². The molecule has 0 aliphatic rings. The molecule has 0 spiro atoms. The zero-order chi connectivity index (χ0) is 13.9. The number of aromatic amines is 1. The monoisotopic (exact) mass is 271 g/mol. The van der Waals surface area contributed by atoms with E-state index in [0.717, 1.165) is 17.0 Å². The van der Waals surface area contributed by atoms with Crippen LogP contribution in [0.1, 0.15) is 17.8 Å². The largest absolute Gasteiger partial charge is 0.304 e. The number of hydrogen-bond acceptors (Lipinski definition) is 5. The van der Waals surface area contributed by atoms with Crippen LogP contribution < -0.4 is 5.32 Å². The number of nitrogens with one attached hydrogen (secondary N) is 2. The van der Waals surface area contributed by atoms with Crippen LogP contribution in [0.5, 0.6) is 0 Å². The topological polar surface area (TPSA) is 101 Å². The molecule has 20 heavy (non-hydrogen) atoms. The Bertz CT molecular complexity index is 731. The molecule has 0 aromatic carbocycles. The summed E-state index contributed by atoms with van der Waals surface area (Å²) in [7, 11) is 0. The highest BCUT2D eigenvalue weighted by Crippen LogP contribution is 2.13. The SMILES string of the molecule is Cc1nc2ccccn2c1CCC(=O)Nc1nn[nH]n1. The molecule has 3 aromatic heterocycles. The van der Waals surface area contributed by atoms with Gasteiger partial charge in [-0.2, -0.15) is 5.21 Å². The first-order valence-corrected chi connectivity index (χ1v) is 6.20. The Labute approximate surface area is 114 Å². The predicted molar refractivity (Wildman–Crippen MR) is 71.1 cm³/mol. The Balaban J connectivity index is 1.70. The number of carbonyl (C=O) groups is 1. The number of H-pyrrole nitrogens is 1. The molecule has 8 heteroatoms. The van der Waals surface area contributed by atoms with Gasteiger partial charge in [-0.05, 0) is 30.7 Å². The van der Waals surface area contributed by atoms with Gasteiger partial charge in [0.2, 0.25) is 5.91 Å². The maximum atomic E-state index is 11.8. The predicted octanol–water partition coefficient (Wildman–Crippen LogP) is 0.727. The van der Waals surface area contributed by atoms with E-state index < -0.39 is 0 Å². The molecule has 0 aliphatic heterocycles. The van der Waals surface area contributed by atoms with E-state index in [9.17, 15) is 4.79 Å². The van der Waals surface area contributed by atoms with Gasteiger partial charge in [-0.15, -0.1) is 5.10 Å². The first kappa shape index (κ1) is 12.3. The van der Waals surface area contributed by atoms with Gasteiger partial charge in [0.1, 0.15) is 5.65 Å². The maximum absolute atomic E-state index is 11.8. The van der Waals surface area contributed by atoms with Crippen LogP contribution in [-0.4, -0.2) is 35.9 Å². The van der Waals surface area contributed by atoms with Gasteiger partial charge in [0, 0.05) is 18.3 Å². The molecule has 3 rings (SSSR count). The van der Waals surface area contributed by atoms with Crippen molar-refractivity contribution in [2.24, 2.45) is 0 Å². The Hall–Kier alpha value is -2.77. The number of aryl methyl sites for hydroxylation is 2. The molecule has 1 amide bonds. The number of anilines is 1. The third-order valence-electron chi connectivity index (χ3n) is 3.01. The number of hydrogen-bond donors (Lipinski definition) is 2. The maximum Gasteiger partial charge on any atom is 0.269 e. The molecule has 3 aromatic rings. The fraction of sp³-hybridized carbons (Fsp3) is 0.250. The van der Waals surface area contributed by atoms with Crippen LogP contribution in [-0.2, 0) is 11.2 Å². The Morgan fingerprint density at radius 2 is 2.35 bits per heavy atom. The molecule has 0 saturated carbocycles. The van der Waals surface area contributed by atoms with Gasteiger partial charge >= 0.3 is 0 Å². The smallest absolute Gasteiger partial charge is 0.269 e. The van der Waals surface area contributed by atoms with E-state index in [-0.39, 0.29) is 11.9 Å². The third-order valence-corrected chi connectivity index (χ3v) is 3.01. The zero-order valence-electron chi connectivity index (χ0n) is 10.9. The summed E-state index contributed by atoms with van der Waals surface area (Å²) in [4.78, 5) is 16.2. The number of pyridine rings is 1. The number of amides is 1. The van der Waals surface area contributed by atoms with Crippen LogP contribution in [0, 0.1) is 6.92 Å². The summed E-state index contributed by atoms with van der Waals surface area (Å²) in [5.74, 6) is 0.0292. The first-order valence-electron chi connectivity index (χ1n) is 6.20. The summed E-state index contributed by atoms with van der Waals surface area (Å²) in [5, 5.41) is 15.6. The molecule has 0 saturated heterocycles. The lowest BCUT2D eigenvalue weighted by Crippen LogP contribution is -2.14. The second kappa shape index (κ2) is 5.08. The first-order chi connectivity index (χ1) is 9.74. The number of nitrogens with zero attached hydrogens (tertiary/aromatic N) is 5. The molecule has 0 aliphatic carbocycles. The highest BCUT2D eigenvalue weighted by molar-refractivity contribution is 5.88. The summed E-state index contributed by atoms with van der Waals surface area (Å²) in [6, 6.07) is 5.82. The molecule has 0 bridgehead atoms. The lowest BCUT2D eigenvalue weighted by Gasteiger charge is -2.03. The van der Waals surface area contributed by atoms with E-state index in [4.69, 9.17) is 0 Å². The van der Waals surface area contributed by atoms with E-state index in [2.05, 4.69) is 30.9 Å². The number of rotatable bonds is 4. The molecule has 8 nitrogen and oxygen atoms in total. The number of tetrazole rings is 1. The second-order valence-corrected chi connectivity index (χ2v) is 4.36. The summed E-state index contributed by atoms with van der Waals surface area (Å²) in [6.45, 7) is 1.94. The molecule has 2 N–H and O–H groups in total. The number of imidazole rings is 1. The standard InChI is InChI=1S/C12H13N7O/c1-8-9(19-7-3-2-4-10(19)13-8)5-6-11(20)14-12-15-17-18-16-12/h2-4,7H,5-6H2,1H3,(H2,14,15,16,17,18,20). The Morgan fingerprint density at radius 3 is 3.15 bits per heavy atom. The summed E-state index contributed by atoms with van der Waals surface area (Å²) < 4.78 is 2.00. The molecule has 0 radical (unpaired) electrons. The van der Waals surface area contributed by atoms with Crippen LogP contribution in [0.15, 0.2) is 24.4 Å². The minimum Gasteiger partial charge on any atom is -0.304 e. The molecular weight excluding hydrogens is 258 g/mol. The Morgan fingerprint density at radius 1 is 1.45 bits per heavy atom. The zero-order valence-corrected chi connectivity index (χ0v) is 10.9. The average molecular weight is 271 g/mol. The van der Waals surface area contributed by atoms with Gasteiger partial charge in [0.15, 0.2) is 0 Å². The van der Waals surface area contributed by atoms with E-state index in [1.165, 1.54) is 0 Å². The highest BCUT2D eigenvalue weighted by atomic mass is 16.1. The van der Waals surface area contributed by atoms with E-state index in [0.29, 0.717) is 12.8 Å². The fourth-order valence-electron chi connectivity index (χ4n) is 2.10. The van der Waals surface area contributed by atoms with E-state index in [1.807, 2.05) is 35.7 Å². The second-order valence-electron chi connectivity index (χ2n) is 4.36. The van der Waals surface area contributed by atoms with Gasteiger partial charge in [0.25, 0.3) is 5.95 Å².